The first-order valence-corrected chi connectivity index (χ1v) is 4.81. The maximum atomic E-state index is 9.98. The largest absolute Gasteiger partial charge is 0.468 e. The number of aliphatic hydroxyl groups is 1. The van der Waals surface area contributed by atoms with Gasteiger partial charge >= 0.3 is 0 Å². The second-order valence-corrected chi connectivity index (χ2v) is 3.40. The van der Waals surface area contributed by atoms with Crippen LogP contribution in [-0.4, -0.2) is 5.11 Å². The molecule has 3 heteroatoms. The predicted molar refractivity (Wildman–Crippen MR) is 57.0 cm³/mol. The minimum Gasteiger partial charge on any atom is -0.468 e. The lowest BCUT2D eigenvalue weighted by Crippen LogP contribution is -2.18. The van der Waals surface area contributed by atoms with Crippen LogP contribution in [0.4, 0.5) is 0 Å². The molecule has 1 aromatic carbocycles. The van der Waals surface area contributed by atoms with Crippen molar-refractivity contribution in [1.29, 1.82) is 0 Å². The summed E-state index contributed by atoms with van der Waals surface area (Å²) in [4.78, 5) is 0. The van der Waals surface area contributed by atoms with Crippen molar-refractivity contribution in [3.63, 3.8) is 0 Å². The van der Waals surface area contributed by atoms with E-state index in [0.29, 0.717) is 5.76 Å². The highest BCUT2D eigenvalue weighted by Crippen LogP contribution is 2.26. The topological polar surface area (TPSA) is 59.4 Å². The molecule has 0 aliphatic heterocycles. The maximum Gasteiger partial charge on any atom is 0.123 e. The number of aliphatic hydroxyl groups excluding tert-OH is 1. The van der Waals surface area contributed by atoms with Crippen molar-refractivity contribution < 1.29 is 9.52 Å². The molecule has 2 atom stereocenters. The van der Waals surface area contributed by atoms with E-state index in [1.54, 1.807) is 18.4 Å². The molecule has 1 heterocycles. The molecule has 0 fully saturated rings. The smallest absolute Gasteiger partial charge is 0.123 e. The van der Waals surface area contributed by atoms with Gasteiger partial charge in [-0.25, -0.2) is 0 Å². The quantitative estimate of drug-likeness (QED) is 0.802. The molecule has 3 N–H and O–H groups in total. The summed E-state index contributed by atoms with van der Waals surface area (Å²) >= 11 is 0. The first kappa shape index (κ1) is 9.96. The van der Waals surface area contributed by atoms with Crippen LogP contribution in [0.25, 0.3) is 0 Å². The van der Waals surface area contributed by atoms with E-state index in [1.807, 2.05) is 30.3 Å². The zero-order chi connectivity index (χ0) is 10.7. The van der Waals surface area contributed by atoms with Crippen molar-refractivity contribution in [2.24, 2.45) is 5.73 Å². The van der Waals surface area contributed by atoms with E-state index in [-0.39, 0.29) is 0 Å². The van der Waals surface area contributed by atoms with Crippen molar-refractivity contribution in [3.8, 4) is 0 Å². The fourth-order valence-electron chi connectivity index (χ4n) is 1.49. The molecule has 0 amide bonds. The van der Waals surface area contributed by atoms with Crippen LogP contribution < -0.4 is 5.73 Å². The van der Waals surface area contributed by atoms with Gasteiger partial charge in [-0.2, -0.15) is 0 Å². The molecule has 0 spiro atoms. The summed E-state index contributed by atoms with van der Waals surface area (Å²) in [5.74, 6) is 0.589. The highest BCUT2D eigenvalue weighted by molar-refractivity contribution is 5.21. The molecule has 3 nitrogen and oxygen atoms in total. The number of furan rings is 1. The minimum absolute atomic E-state index is 0.526. The maximum absolute atomic E-state index is 9.98. The van der Waals surface area contributed by atoms with E-state index in [9.17, 15) is 5.11 Å². The van der Waals surface area contributed by atoms with Crippen LogP contribution in [0.1, 0.15) is 23.5 Å². The lowest BCUT2D eigenvalue weighted by atomic mass is 10.0. The first-order chi connectivity index (χ1) is 7.29. The summed E-state index contributed by atoms with van der Waals surface area (Å²) in [5, 5.41) is 9.98. The Hall–Kier alpha value is -1.58. The average Bonchev–Trinajstić information content (AvgIpc) is 2.82. The monoisotopic (exact) mass is 203 g/mol. The van der Waals surface area contributed by atoms with Gasteiger partial charge in [-0.1, -0.05) is 30.3 Å². The molecule has 0 aliphatic carbocycles. The molecule has 0 radical (unpaired) electrons. The van der Waals surface area contributed by atoms with Crippen molar-refractivity contribution in [1.82, 2.24) is 0 Å². The Labute approximate surface area is 88.1 Å². The van der Waals surface area contributed by atoms with E-state index in [4.69, 9.17) is 10.2 Å². The van der Waals surface area contributed by atoms with Crippen LogP contribution >= 0.6 is 0 Å². The summed E-state index contributed by atoms with van der Waals surface area (Å²) in [7, 11) is 0. The summed E-state index contributed by atoms with van der Waals surface area (Å²) in [5.41, 5.74) is 6.66. The van der Waals surface area contributed by atoms with Crippen LogP contribution in [0.15, 0.2) is 53.1 Å². The van der Waals surface area contributed by atoms with Gasteiger partial charge in [0.1, 0.15) is 11.9 Å². The van der Waals surface area contributed by atoms with Crippen LogP contribution in [-0.2, 0) is 0 Å². The average molecular weight is 203 g/mol. The molecule has 0 bridgehead atoms. The Balaban J connectivity index is 2.18. The second-order valence-electron chi connectivity index (χ2n) is 3.40. The Kier molecular flexibility index (Phi) is 2.85. The van der Waals surface area contributed by atoms with Crippen molar-refractivity contribution in [2.45, 2.75) is 12.1 Å². The van der Waals surface area contributed by atoms with E-state index in [0.717, 1.165) is 5.56 Å². The number of hydrogen-bond donors (Lipinski definition) is 2. The SMILES string of the molecule is NC(c1ccco1)C(O)c1ccccc1. The zero-order valence-electron chi connectivity index (χ0n) is 8.21. The minimum atomic E-state index is -0.739. The zero-order valence-corrected chi connectivity index (χ0v) is 8.21. The lowest BCUT2D eigenvalue weighted by Gasteiger charge is -2.16. The Bertz CT molecular complexity index is 397. The summed E-state index contributed by atoms with van der Waals surface area (Å²) in [6, 6.07) is 12.3. The molecule has 0 aliphatic rings. The van der Waals surface area contributed by atoms with Gasteiger partial charge in [0.15, 0.2) is 0 Å². The van der Waals surface area contributed by atoms with Gasteiger partial charge in [0.05, 0.1) is 12.3 Å². The van der Waals surface area contributed by atoms with Gasteiger partial charge in [-0.05, 0) is 17.7 Å². The van der Waals surface area contributed by atoms with Crippen molar-refractivity contribution >= 4 is 0 Å². The fraction of sp³-hybridized carbons (Fsp3) is 0.167. The molecular weight excluding hydrogens is 190 g/mol. The summed E-state index contributed by atoms with van der Waals surface area (Å²) < 4.78 is 5.15. The van der Waals surface area contributed by atoms with Gasteiger partial charge in [0, 0.05) is 0 Å². The summed E-state index contributed by atoms with van der Waals surface area (Å²) in [6.45, 7) is 0. The number of benzene rings is 1. The number of hydrogen-bond acceptors (Lipinski definition) is 3. The van der Waals surface area contributed by atoms with Crippen LogP contribution in [0.5, 0.6) is 0 Å². The first-order valence-electron chi connectivity index (χ1n) is 4.81. The van der Waals surface area contributed by atoms with E-state index >= 15 is 0 Å². The fourth-order valence-corrected chi connectivity index (χ4v) is 1.49. The molecule has 2 aromatic rings. The molecule has 1 aromatic heterocycles. The lowest BCUT2D eigenvalue weighted by molar-refractivity contribution is 0.136. The molecule has 15 heavy (non-hydrogen) atoms. The Morgan fingerprint density at radius 2 is 1.80 bits per heavy atom. The van der Waals surface area contributed by atoms with Crippen LogP contribution in [0.3, 0.4) is 0 Å². The standard InChI is InChI=1S/C12H13NO2/c13-11(10-7-4-8-15-10)12(14)9-5-2-1-3-6-9/h1-8,11-12,14H,13H2. The van der Waals surface area contributed by atoms with Gasteiger partial charge in [-0.3, -0.25) is 0 Å². The highest BCUT2D eigenvalue weighted by atomic mass is 16.3. The van der Waals surface area contributed by atoms with Crippen molar-refractivity contribution in [2.75, 3.05) is 0 Å². The third-order valence-corrected chi connectivity index (χ3v) is 2.35. The van der Waals surface area contributed by atoms with Crippen LogP contribution in [0, 0.1) is 0 Å². The molecule has 2 rings (SSSR count). The van der Waals surface area contributed by atoms with E-state index < -0.39 is 12.1 Å². The van der Waals surface area contributed by atoms with Gasteiger partial charge in [-0.15, -0.1) is 0 Å². The molecule has 2 unspecified atom stereocenters. The molecule has 0 saturated carbocycles. The molecule has 0 saturated heterocycles. The number of rotatable bonds is 3. The van der Waals surface area contributed by atoms with Crippen molar-refractivity contribution in [3.05, 3.63) is 60.1 Å². The van der Waals surface area contributed by atoms with Crippen LogP contribution in [0.2, 0.25) is 0 Å². The number of nitrogens with two attached hydrogens (primary N) is 1. The Morgan fingerprint density at radius 3 is 2.40 bits per heavy atom. The van der Waals surface area contributed by atoms with Gasteiger partial charge in [0.25, 0.3) is 0 Å². The van der Waals surface area contributed by atoms with Gasteiger partial charge in [0.2, 0.25) is 0 Å². The van der Waals surface area contributed by atoms with Gasteiger partial charge < -0.3 is 15.3 Å². The third-order valence-electron chi connectivity index (χ3n) is 2.35. The molecular formula is C12H13NO2. The highest BCUT2D eigenvalue weighted by Gasteiger charge is 2.20. The summed E-state index contributed by atoms with van der Waals surface area (Å²) in [6.07, 6.45) is 0.810. The second kappa shape index (κ2) is 4.29. The van der Waals surface area contributed by atoms with E-state index in [2.05, 4.69) is 0 Å². The Morgan fingerprint density at radius 1 is 1.07 bits per heavy atom. The predicted octanol–water partition coefficient (Wildman–Crippen LogP) is 2.01. The van der Waals surface area contributed by atoms with E-state index in [1.165, 1.54) is 0 Å². The third kappa shape index (κ3) is 2.09. The molecule has 78 valence electrons. The normalized spacial score (nSPS) is 14.8.